The van der Waals surface area contributed by atoms with Crippen molar-refractivity contribution in [2.24, 2.45) is 5.41 Å². The number of esters is 1. The van der Waals surface area contributed by atoms with Crippen LogP contribution in [0, 0.1) is 17.0 Å². The van der Waals surface area contributed by atoms with Gasteiger partial charge in [-0.2, -0.15) is 0 Å². The maximum Gasteiger partial charge on any atom is 0.311 e. The van der Waals surface area contributed by atoms with Crippen LogP contribution in [0.15, 0.2) is 18.2 Å². The van der Waals surface area contributed by atoms with Crippen molar-refractivity contribution in [3.63, 3.8) is 0 Å². The van der Waals surface area contributed by atoms with Crippen LogP contribution >= 0.6 is 0 Å². The number of ether oxygens (including phenoxy) is 1. The summed E-state index contributed by atoms with van der Waals surface area (Å²) in [4.78, 5) is 11.4. The van der Waals surface area contributed by atoms with Gasteiger partial charge in [0.2, 0.25) is 0 Å². The van der Waals surface area contributed by atoms with E-state index in [0.29, 0.717) is 5.56 Å². The van der Waals surface area contributed by atoms with E-state index in [9.17, 15) is 13.6 Å². The summed E-state index contributed by atoms with van der Waals surface area (Å²) in [5, 5.41) is 0. The van der Waals surface area contributed by atoms with E-state index >= 15 is 0 Å². The van der Waals surface area contributed by atoms with E-state index in [0.717, 1.165) is 18.2 Å². The van der Waals surface area contributed by atoms with Crippen LogP contribution in [0.3, 0.4) is 0 Å². The van der Waals surface area contributed by atoms with Gasteiger partial charge in [-0.1, -0.05) is 0 Å². The summed E-state index contributed by atoms with van der Waals surface area (Å²) in [5.74, 6) is -1.76. The van der Waals surface area contributed by atoms with Crippen LogP contribution in [0.1, 0.15) is 26.3 Å². The molecule has 0 unspecified atom stereocenters. The van der Waals surface area contributed by atoms with E-state index in [4.69, 9.17) is 4.74 Å². The van der Waals surface area contributed by atoms with Gasteiger partial charge in [-0.25, -0.2) is 8.78 Å². The van der Waals surface area contributed by atoms with Crippen LogP contribution in [-0.2, 0) is 16.1 Å². The molecule has 1 rings (SSSR count). The first-order valence-electron chi connectivity index (χ1n) is 4.91. The van der Waals surface area contributed by atoms with Crippen molar-refractivity contribution >= 4 is 5.97 Å². The average Bonchev–Trinajstić information content (AvgIpc) is 2.11. The predicted molar refractivity (Wildman–Crippen MR) is 55.6 cm³/mol. The zero-order chi connectivity index (χ0) is 12.3. The molecule has 88 valence electrons. The van der Waals surface area contributed by atoms with Gasteiger partial charge in [-0.05, 0) is 38.5 Å². The van der Waals surface area contributed by atoms with Gasteiger partial charge in [0.25, 0.3) is 0 Å². The van der Waals surface area contributed by atoms with Crippen molar-refractivity contribution < 1.29 is 18.3 Å². The number of rotatable bonds is 2. The summed E-state index contributed by atoms with van der Waals surface area (Å²) >= 11 is 0. The lowest BCUT2D eigenvalue weighted by Gasteiger charge is -2.16. The van der Waals surface area contributed by atoms with E-state index < -0.39 is 23.0 Å². The van der Waals surface area contributed by atoms with Crippen LogP contribution in [0.5, 0.6) is 0 Å². The normalized spacial score (nSPS) is 11.3. The highest BCUT2D eigenvalue weighted by atomic mass is 19.1. The van der Waals surface area contributed by atoms with Gasteiger partial charge in [0.05, 0.1) is 5.41 Å². The zero-order valence-corrected chi connectivity index (χ0v) is 9.51. The number of carbonyl (C=O) groups is 1. The SMILES string of the molecule is CC(C)(C)C(=O)OCc1cc(F)cc(F)c1. The smallest absolute Gasteiger partial charge is 0.311 e. The Kier molecular flexibility index (Phi) is 3.62. The van der Waals surface area contributed by atoms with Gasteiger partial charge in [-0.15, -0.1) is 0 Å². The number of benzene rings is 1. The molecule has 0 N–H and O–H groups in total. The summed E-state index contributed by atoms with van der Waals surface area (Å²) in [7, 11) is 0. The lowest BCUT2D eigenvalue weighted by atomic mass is 9.97. The third-order valence-corrected chi connectivity index (χ3v) is 1.90. The summed E-state index contributed by atoms with van der Waals surface area (Å²) in [6.45, 7) is 5.01. The Morgan fingerprint density at radius 2 is 1.69 bits per heavy atom. The Hall–Kier alpha value is -1.45. The van der Waals surface area contributed by atoms with Crippen molar-refractivity contribution in [3.05, 3.63) is 35.4 Å². The maximum atomic E-state index is 12.8. The van der Waals surface area contributed by atoms with Crippen molar-refractivity contribution in [2.75, 3.05) is 0 Å². The lowest BCUT2D eigenvalue weighted by Crippen LogP contribution is -2.22. The highest BCUT2D eigenvalue weighted by Gasteiger charge is 2.22. The van der Waals surface area contributed by atoms with Crippen molar-refractivity contribution in [3.8, 4) is 0 Å². The third kappa shape index (κ3) is 3.61. The molecule has 1 aromatic rings. The molecule has 0 saturated carbocycles. The highest BCUT2D eigenvalue weighted by molar-refractivity contribution is 5.75. The molecule has 0 bridgehead atoms. The fourth-order valence-corrected chi connectivity index (χ4v) is 1.06. The average molecular weight is 228 g/mol. The van der Waals surface area contributed by atoms with Crippen LogP contribution < -0.4 is 0 Å². The van der Waals surface area contributed by atoms with Gasteiger partial charge in [0, 0.05) is 6.07 Å². The van der Waals surface area contributed by atoms with E-state index in [2.05, 4.69) is 0 Å². The van der Waals surface area contributed by atoms with Crippen LogP contribution in [0.2, 0.25) is 0 Å². The topological polar surface area (TPSA) is 26.3 Å². The molecule has 1 aromatic carbocycles. The van der Waals surface area contributed by atoms with Gasteiger partial charge >= 0.3 is 5.97 Å². The molecule has 0 aromatic heterocycles. The van der Waals surface area contributed by atoms with E-state index in [1.54, 1.807) is 20.8 Å². The van der Waals surface area contributed by atoms with Gasteiger partial charge < -0.3 is 4.74 Å². The fraction of sp³-hybridized carbons (Fsp3) is 0.417. The molecule has 0 spiro atoms. The van der Waals surface area contributed by atoms with Gasteiger partial charge in [0.1, 0.15) is 18.2 Å². The molecule has 4 heteroatoms. The molecular formula is C12H14F2O2. The van der Waals surface area contributed by atoms with E-state index in [-0.39, 0.29) is 6.61 Å². The molecule has 0 saturated heterocycles. The van der Waals surface area contributed by atoms with Crippen molar-refractivity contribution in [1.82, 2.24) is 0 Å². The molecule has 0 heterocycles. The second-order valence-electron chi connectivity index (χ2n) is 4.60. The van der Waals surface area contributed by atoms with Gasteiger partial charge in [-0.3, -0.25) is 4.79 Å². The molecule has 2 nitrogen and oxygen atoms in total. The first kappa shape index (κ1) is 12.6. The van der Waals surface area contributed by atoms with Gasteiger partial charge in [0.15, 0.2) is 0 Å². The molecule has 0 aliphatic rings. The maximum absolute atomic E-state index is 12.8. The number of carbonyl (C=O) groups excluding carboxylic acids is 1. The molecule has 0 aliphatic heterocycles. The molecule has 0 aliphatic carbocycles. The number of halogens is 2. The first-order valence-corrected chi connectivity index (χ1v) is 4.91. The summed E-state index contributed by atoms with van der Waals surface area (Å²) in [5.41, 5.74) is -0.318. The van der Waals surface area contributed by atoms with E-state index in [1.807, 2.05) is 0 Å². The minimum atomic E-state index is -0.679. The zero-order valence-electron chi connectivity index (χ0n) is 9.51. The largest absolute Gasteiger partial charge is 0.460 e. The predicted octanol–water partition coefficient (Wildman–Crippen LogP) is 3.05. The Morgan fingerprint density at radius 1 is 1.19 bits per heavy atom. The molecule has 16 heavy (non-hydrogen) atoms. The quantitative estimate of drug-likeness (QED) is 0.727. The highest BCUT2D eigenvalue weighted by Crippen LogP contribution is 2.17. The Morgan fingerprint density at radius 3 is 2.12 bits per heavy atom. The summed E-state index contributed by atoms with van der Waals surface area (Å²) < 4.78 is 30.5. The van der Waals surface area contributed by atoms with E-state index in [1.165, 1.54) is 0 Å². The number of hydrogen-bond donors (Lipinski definition) is 0. The Bertz CT molecular complexity index is 374. The minimum Gasteiger partial charge on any atom is -0.460 e. The number of hydrogen-bond acceptors (Lipinski definition) is 2. The van der Waals surface area contributed by atoms with Crippen LogP contribution in [0.25, 0.3) is 0 Å². The molecule has 0 atom stereocenters. The monoisotopic (exact) mass is 228 g/mol. The van der Waals surface area contributed by atoms with Crippen LogP contribution in [0.4, 0.5) is 8.78 Å². The second-order valence-corrected chi connectivity index (χ2v) is 4.60. The molecular weight excluding hydrogens is 214 g/mol. The first-order chi connectivity index (χ1) is 7.29. The summed E-state index contributed by atoms with van der Waals surface area (Å²) in [6, 6.07) is 3.05. The Labute approximate surface area is 93.2 Å². The minimum absolute atomic E-state index is 0.120. The van der Waals surface area contributed by atoms with Crippen molar-refractivity contribution in [2.45, 2.75) is 27.4 Å². The second kappa shape index (κ2) is 4.60. The lowest BCUT2D eigenvalue weighted by molar-refractivity contribution is -0.154. The van der Waals surface area contributed by atoms with Crippen LogP contribution in [-0.4, -0.2) is 5.97 Å². The third-order valence-electron chi connectivity index (χ3n) is 1.90. The fourth-order valence-electron chi connectivity index (χ4n) is 1.06. The molecule has 0 radical (unpaired) electrons. The van der Waals surface area contributed by atoms with Crippen molar-refractivity contribution in [1.29, 1.82) is 0 Å². The summed E-state index contributed by atoms with van der Waals surface area (Å²) in [6.07, 6.45) is 0. The Balaban J connectivity index is 2.65. The molecule has 0 amide bonds. The molecule has 0 fully saturated rings. The standard InChI is InChI=1S/C12H14F2O2/c1-12(2,3)11(15)16-7-8-4-9(13)6-10(14)5-8/h4-6H,7H2,1-3H3.